The minimum absolute atomic E-state index is 0.859. The van der Waals surface area contributed by atoms with Crippen molar-refractivity contribution in [2.75, 3.05) is 26.2 Å². The third kappa shape index (κ3) is 3.93. The Hall–Kier alpha value is -1.52. The van der Waals surface area contributed by atoms with Crippen LogP contribution in [0.25, 0.3) is 0 Å². The number of guanidine groups is 1. The van der Waals surface area contributed by atoms with Crippen LogP contribution in [0.3, 0.4) is 0 Å². The van der Waals surface area contributed by atoms with Crippen molar-refractivity contribution in [3.05, 3.63) is 17.0 Å². The van der Waals surface area contributed by atoms with Gasteiger partial charge in [0, 0.05) is 31.7 Å². The molecule has 5 nitrogen and oxygen atoms in total. The highest BCUT2D eigenvalue weighted by Crippen LogP contribution is 2.35. The highest BCUT2D eigenvalue weighted by molar-refractivity contribution is 5.80. The first-order chi connectivity index (χ1) is 11.7. The van der Waals surface area contributed by atoms with E-state index >= 15 is 0 Å². The van der Waals surface area contributed by atoms with Crippen LogP contribution in [0.4, 0.5) is 0 Å². The van der Waals surface area contributed by atoms with E-state index in [0.29, 0.717) is 0 Å². The predicted octanol–water partition coefficient (Wildman–Crippen LogP) is 3.31. The van der Waals surface area contributed by atoms with E-state index in [1.54, 1.807) is 0 Å². The molecular weight excluding hydrogens is 300 g/mol. The minimum Gasteiger partial charge on any atom is -0.361 e. The summed E-state index contributed by atoms with van der Waals surface area (Å²) in [4.78, 5) is 7.39. The quantitative estimate of drug-likeness (QED) is 0.510. The van der Waals surface area contributed by atoms with Crippen LogP contribution in [0, 0.1) is 25.7 Å². The van der Waals surface area contributed by atoms with Crippen molar-refractivity contribution in [1.29, 1.82) is 0 Å². The molecule has 2 heterocycles. The number of nitrogens with one attached hydrogen (secondary N) is 1. The molecule has 1 aliphatic heterocycles. The summed E-state index contributed by atoms with van der Waals surface area (Å²) in [6, 6.07) is 0. The Kier molecular flexibility index (Phi) is 5.80. The van der Waals surface area contributed by atoms with Crippen LogP contribution < -0.4 is 5.32 Å². The summed E-state index contributed by atoms with van der Waals surface area (Å²) in [6.45, 7) is 10.4. The Balaban J connectivity index is 1.54. The Labute approximate surface area is 145 Å². The summed E-state index contributed by atoms with van der Waals surface area (Å²) in [5.41, 5.74) is 2.27. The highest BCUT2D eigenvalue weighted by atomic mass is 16.5. The van der Waals surface area contributed by atoms with Crippen LogP contribution in [0.15, 0.2) is 9.52 Å². The summed E-state index contributed by atoms with van der Waals surface area (Å²) in [7, 11) is 0. The van der Waals surface area contributed by atoms with E-state index in [-0.39, 0.29) is 0 Å². The van der Waals surface area contributed by atoms with Gasteiger partial charge in [0.05, 0.1) is 5.69 Å². The first-order valence-corrected chi connectivity index (χ1v) is 9.64. The summed E-state index contributed by atoms with van der Waals surface area (Å²) in [5.74, 6) is 3.85. The number of fused-ring (bicyclic) bond motifs is 1. The zero-order chi connectivity index (χ0) is 16.9. The number of hydrogen-bond donors (Lipinski definition) is 1. The fourth-order valence-electron chi connectivity index (χ4n) is 4.30. The Bertz CT molecular complexity index is 532. The van der Waals surface area contributed by atoms with Crippen molar-refractivity contribution in [3.8, 4) is 0 Å². The molecule has 1 aliphatic carbocycles. The van der Waals surface area contributed by atoms with Crippen LogP contribution in [0.2, 0.25) is 0 Å². The largest absolute Gasteiger partial charge is 0.361 e. The van der Waals surface area contributed by atoms with E-state index in [2.05, 4.69) is 22.3 Å². The van der Waals surface area contributed by atoms with Crippen LogP contribution >= 0.6 is 0 Å². The van der Waals surface area contributed by atoms with Gasteiger partial charge in [0.2, 0.25) is 0 Å². The molecule has 1 saturated heterocycles. The van der Waals surface area contributed by atoms with Gasteiger partial charge in [-0.1, -0.05) is 18.0 Å². The average Bonchev–Trinajstić information content (AvgIpc) is 3.15. The molecular formula is C19H32N4O. The van der Waals surface area contributed by atoms with Gasteiger partial charge >= 0.3 is 0 Å². The molecule has 1 aromatic rings. The third-order valence-electron chi connectivity index (χ3n) is 5.64. The molecule has 3 rings (SSSR count). The van der Waals surface area contributed by atoms with Gasteiger partial charge < -0.3 is 14.7 Å². The van der Waals surface area contributed by atoms with E-state index < -0.39 is 0 Å². The first kappa shape index (κ1) is 17.3. The van der Waals surface area contributed by atoms with Crippen molar-refractivity contribution < 1.29 is 4.52 Å². The molecule has 2 atom stereocenters. The van der Waals surface area contributed by atoms with Gasteiger partial charge in [0.15, 0.2) is 5.96 Å². The second-order valence-electron chi connectivity index (χ2n) is 7.35. The Morgan fingerprint density at radius 1 is 1.25 bits per heavy atom. The molecule has 0 spiro atoms. The molecule has 24 heavy (non-hydrogen) atoms. The van der Waals surface area contributed by atoms with Crippen LogP contribution in [-0.4, -0.2) is 42.2 Å². The van der Waals surface area contributed by atoms with Crippen LogP contribution in [-0.2, 0) is 6.42 Å². The first-order valence-electron chi connectivity index (χ1n) is 9.64. The van der Waals surface area contributed by atoms with Crippen molar-refractivity contribution in [3.63, 3.8) is 0 Å². The Morgan fingerprint density at radius 3 is 2.54 bits per heavy atom. The topological polar surface area (TPSA) is 53.7 Å². The van der Waals surface area contributed by atoms with Crippen molar-refractivity contribution in [2.45, 2.75) is 59.3 Å². The summed E-state index contributed by atoms with van der Waals surface area (Å²) < 4.78 is 5.24. The number of hydrogen-bond acceptors (Lipinski definition) is 3. The minimum atomic E-state index is 0.859. The number of aromatic nitrogens is 1. The standard InChI is InChI=1S/C19H32N4O/c1-4-20-19(23-12-16-8-5-6-9-17(16)13-23)21-11-7-10-18-14(2)22-24-15(18)3/h16-17H,4-13H2,1-3H3,(H,20,21). The third-order valence-corrected chi connectivity index (χ3v) is 5.64. The number of aliphatic imine (C=N–C) groups is 1. The van der Waals surface area contributed by atoms with E-state index in [1.807, 2.05) is 13.8 Å². The lowest BCUT2D eigenvalue weighted by molar-refractivity contribution is 0.299. The van der Waals surface area contributed by atoms with Crippen LogP contribution in [0.1, 0.15) is 56.0 Å². The maximum Gasteiger partial charge on any atom is 0.193 e. The highest BCUT2D eigenvalue weighted by Gasteiger charge is 2.35. The van der Waals surface area contributed by atoms with Gasteiger partial charge in [-0.3, -0.25) is 4.99 Å². The second-order valence-corrected chi connectivity index (χ2v) is 7.35. The summed E-state index contributed by atoms with van der Waals surface area (Å²) in [5, 5.41) is 7.53. The van der Waals surface area contributed by atoms with Gasteiger partial charge in [0.25, 0.3) is 0 Å². The van der Waals surface area contributed by atoms with E-state index in [0.717, 1.165) is 55.2 Å². The average molecular weight is 332 g/mol. The zero-order valence-electron chi connectivity index (χ0n) is 15.5. The molecule has 1 N–H and O–H groups in total. The number of likely N-dealkylation sites (tertiary alicyclic amines) is 1. The predicted molar refractivity (Wildman–Crippen MR) is 97.3 cm³/mol. The molecule has 0 bridgehead atoms. The molecule has 0 radical (unpaired) electrons. The maximum atomic E-state index is 5.24. The lowest BCUT2D eigenvalue weighted by Gasteiger charge is -2.22. The van der Waals surface area contributed by atoms with Crippen LogP contribution in [0.5, 0.6) is 0 Å². The summed E-state index contributed by atoms with van der Waals surface area (Å²) >= 11 is 0. The van der Waals surface area contributed by atoms with Gasteiger partial charge in [-0.25, -0.2) is 0 Å². The van der Waals surface area contributed by atoms with Crippen molar-refractivity contribution >= 4 is 5.96 Å². The molecule has 2 fully saturated rings. The Morgan fingerprint density at radius 2 is 1.96 bits per heavy atom. The fourth-order valence-corrected chi connectivity index (χ4v) is 4.30. The summed E-state index contributed by atoms with van der Waals surface area (Å²) in [6.07, 6.45) is 7.69. The molecule has 0 amide bonds. The molecule has 1 saturated carbocycles. The normalized spacial score (nSPS) is 24.3. The molecule has 134 valence electrons. The number of nitrogens with zero attached hydrogens (tertiary/aromatic N) is 3. The van der Waals surface area contributed by atoms with Gasteiger partial charge in [-0.2, -0.15) is 0 Å². The SMILES string of the molecule is CCNC(=NCCCc1c(C)noc1C)N1CC2CCCCC2C1. The van der Waals surface area contributed by atoms with Crippen molar-refractivity contribution in [1.82, 2.24) is 15.4 Å². The monoisotopic (exact) mass is 332 g/mol. The van der Waals surface area contributed by atoms with Gasteiger partial charge in [-0.15, -0.1) is 0 Å². The van der Waals surface area contributed by atoms with Gasteiger partial charge in [-0.05, 0) is 58.3 Å². The van der Waals surface area contributed by atoms with E-state index in [9.17, 15) is 0 Å². The molecule has 2 unspecified atom stereocenters. The molecule has 5 heteroatoms. The number of aryl methyl sites for hydroxylation is 2. The molecule has 1 aromatic heterocycles. The van der Waals surface area contributed by atoms with E-state index in [1.165, 1.54) is 44.3 Å². The van der Waals surface area contributed by atoms with Gasteiger partial charge in [0.1, 0.15) is 5.76 Å². The maximum absolute atomic E-state index is 5.24. The zero-order valence-corrected chi connectivity index (χ0v) is 15.5. The second kappa shape index (κ2) is 8.04. The fraction of sp³-hybridized carbons (Fsp3) is 0.789. The van der Waals surface area contributed by atoms with E-state index in [4.69, 9.17) is 9.52 Å². The molecule has 0 aromatic carbocycles. The lowest BCUT2D eigenvalue weighted by atomic mass is 9.82. The van der Waals surface area contributed by atoms with Crippen molar-refractivity contribution in [2.24, 2.45) is 16.8 Å². The lowest BCUT2D eigenvalue weighted by Crippen LogP contribution is -2.40. The number of rotatable bonds is 5. The smallest absolute Gasteiger partial charge is 0.193 e. The molecule has 2 aliphatic rings.